The standard InChI is InChI=1S/C21H15F4N5/c1-12(29-19-8-14(21(23,24)25)4-7-18(19)22)28-15-5-2-13(3-6-15)16-9-26-11-20-17(16)10-27-30-20/h2-11,28-29H,1H2,(H,27,30). The Balaban J connectivity index is 1.49. The first-order chi connectivity index (χ1) is 14.3. The van der Waals surface area contributed by atoms with Crippen LogP contribution in [-0.2, 0) is 6.18 Å². The SMILES string of the molecule is C=C(Nc1ccc(-c2cncc3[nH]ncc23)cc1)Nc1cc(C(F)(F)F)ccc1F. The first-order valence-electron chi connectivity index (χ1n) is 8.78. The third-order valence-electron chi connectivity index (χ3n) is 4.44. The summed E-state index contributed by atoms with van der Waals surface area (Å²) < 4.78 is 52.4. The average molecular weight is 413 g/mol. The second-order valence-electron chi connectivity index (χ2n) is 6.52. The lowest BCUT2D eigenvalue weighted by Crippen LogP contribution is -2.11. The molecule has 0 bridgehead atoms. The van der Waals surface area contributed by atoms with Crippen LogP contribution in [-0.4, -0.2) is 15.2 Å². The molecule has 0 spiro atoms. The van der Waals surface area contributed by atoms with Crippen LogP contribution in [0.3, 0.4) is 0 Å². The summed E-state index contributed by atoms with van der Waals surface area (Å²) in [4.78, 5) is 4.19. The maximum atomic E-state index is 13.9. The highest BCUT2D eigenvalue weighted by Crippen LogP contribution is 2.32. The summed E-state index contributed by atoms with van der Waals surface area (Å²) in [5.74, 6) is -0.693. The minimum Gasteiger partial charge on any atom is -0.342 e. The van der Waals surface area contributed by atoms with Gasteiger partial charge in [0.25, 0.3) is 0 Å². The van der Waals surface area contributed by atoms with Gasteiger partial charge in [0.1, 0.15) is 11.6 Å². The summed E-state index contributed by atoms with van der Waals surface area (Å²) in [7, 11) is 0. The van der Waals surface area contributed by atoms with Gasteiger partial charge in [-0.05, 0) is 35.9 Å². The summed E-state index contributed by atoms with van der Waals surface area (Å²) in [6.45, 7) is 3.70. The molecular weight excluding hydrogens is 398 g/mol. The molecule has 4 rings (SSSR count). The fourth-order valence-corrected chi connectivity index (χ4v) is 2.99. The molecule has 2 heterocycles. The van der Waals surface area contributed by atoms with E-state index in [9.17, 15) is 17.6 Å². The van der Waals surface area contributed by atoms with E-state index < -0.39 is 17.6 Å². The number of pyridine rings is 1. The molecule has 2 aromatic carbocycles. The molecule has 0 unspecified atom stereocenters. The van der Waals surface area contributed by atoms with E-state index in [1.165, 1.54) is 0 Å². The lowest BCUT2D eigenvalue weighted by atomic mass is 10.0. The number of hydrogen-bond acceptors (Lipinski definition) is 4. The number of halogens is 4. The van der Waals surface area contributed by atoms with Crippen LogP contribution in [0.25, 0.3) is 22.0 Å². The summed E-state index contributed by atoms with van der Waals surface area (Å²) in [5, 5.41) is 13.2. The number of aromatic nitrogens is 3. The molecule has 0 fully saturated rings. The van der Waals surface area contributed by atoms with Crippen molar-refractivity contribution in [1.82, 2.24) is 15.2 Å². The van der Waals surface area contributed by atoms with Crippen LogP contribution in [0.2, 0.25) is 0 Å². The monoisotopic (exact) mass is 413 g/mol. The lowest BCUT2D eigenvalue weighted by molar-refractivity contribution is -0.137. The predicted molar refractivity (Wildman–Crippen MR) is 107 cm³/mol. The average Bonchev–Trinajstić information content (AvgIpc) is 3.18. The third-order valence-corrected chi connectivity index (χ3v) is 4.44. The number of aromatic amines is 1. The van der Waals surface area contributed by atoms with E-state index in [2.05, 4.69) is 32.4 Å². The maximum Gasteiger partial charge on any atom is 0.416 e. The van der Waals surface area contributed by atoms with E-state index in [0.717, 1.165) is 28.1 Å². The number of fused-ring (bicyclic) bond motifs is 1. The quantitative estimate of drug-likeness (QED) is 0.363. The molecule has 30 heavy (non-hydrogen) atoms. The Labute approximate surface area is 168 Å². The number of H-pyrrole nitrogens is 1. The second kappa shape index (κ2) is 7.51. The van der Waals surface area contributed by atoms with Crippen molar-refractivity contribution in [3.63, 3.8) is 0 Å². The number of rotatable bonds is 5. The van der Waals surface area contributed by atoms with Crippen molar-refractivity contribution < 1.29 is 17.6 Å². The fourth-order valence-electron chi connectivity index (χ4n) is 2.99. The van der Waals surface area contributed by atoms with Crippen LogP contribution in [0, 0.1) is 5.82 Å². The molecule has 0 saturated carbocycles. The Kier molecular flexibility index (Phi) is 4.86. The minimum atomic E-state index is -4.57. The van der Waals surface area contributed by atoms with Crippen LogP contribution in [0.4, 0.5) is 28.9 Å². The molecule has 3 N–H and O–H groups in total. The summed E-state index contributed by atoms with van der Waals surface area (Å²) >= 11 is 0. The Hall–Kier alpha value is -3.88. The van der Waals surface area contributed by atoms with Crippen LogP contribution < -0.4 is 10.6 Å². The highest BCUT2D eigenvalue weighted by Gasteiger charge is 2.31. The van der Waals surface area contributed by atoms with Gasteiger partial charge in [-0.3, -0.25) is 10.1 Å². The molecule has 0 radical (unpaired) electrons. The zero-order valence-corrected chi connectivity index (χ0v) is 15.4. The molecule has 5 nitrogen and oxygen atoms in total. The molecular formula is C21H15F4N5. The first-order valence-corrected chi connectivity index (χ1v) is 8.78. The molecule has 0 amide bonds. The Bertz CT molecular complexity index is 1210. The van der Waals surface area contributed by atoms with Crippen molar-refractivity contribution in [2.75, 3.05) is 10.6 Å². The zero-order valence-electron chi connectivity index (χ0n) is 15.4. The Morgan fingerprint density at radius 3 is 2.47 bits per heavy atom. The zero-order chi connectivity index (χ0) is 21.3. The van der Waals surface area contributed by atoms with Gasteiger partial charge in [0.15, 0.2) is 0 Å². The van der Waals surface area contributed by atoms with Crippen molar-refractivity contribution >= 4 is 22.3 Å². The van der Waals surface area contributed by atoms with Gasteiger partial charge in [-0.2, -0.15) is 18.3 Å². The molecule has 9 heteroatoms. The van der Waals surface area contributed by atoms with E-state index in [0.29, 0.717) is 17.8 Å². The van der Waals surface area contributed by atoms with Gasteiger partial charge in [-0.15, -0.1) is 0 Å². The van der Waals surface area contributed by atoms with Gasteiger partial charge in [0, 0.05) is 22.8 Å². The van der Waals surface area contributed by atoms with Crippen molar-refractivity contribution in [3.8, 4) is 11.1 Å². The van der Waals surface area contributed by atoms with Crippen molar-refractivity contribution in [2.45, 2.75) is 6.18 Å². The van der Waals surface area contributed by atoms with Crippen molar-refractivity contribution in [3.05, 3.63) is 84.8 Å². The normalized spacial score (nSPS) is 11.5. The topological polar surface area (TPSA) is 65.6 Å². The summed E-state index contributed by atoms with van der Waals surface area (Å²) in [5.41, 5.74) is 1.96. The highest BCUT2D eigenvalue weighted by atomic mass is 19.4. The van der Waals surface area contributed by atoms with Crippen LogP contribution in [0.1, 0.15) is 5.56 Å². The smallest absolute Gasteiger partial charge is 0.342 e. The van der Waals surface area contributed by atoms with E-state index in [1.54, 1.807) is 30.7 Å². The van der Waals surface area contributed by atoms with Gasteiger partial charge in [0.05, 0.1) is 29.2 Å². The van der Waals surface area contributed by atoms with Crippen LogP contribution in [0.15, 0.2) is 73.5 Å². The van der Waals surface area contributed by atoms with E-state index in [1.807, 2.05) is 12.1 Å². The molecule has 0 saturated heterocycles. The predicted octanol–water partition coefficient (Wildman–Crippen LogP) is 5.78. The summed E-state index contributed by atoms with van der Waals surface area (Å²) in [6, 6.07) is 9.38. The Morgan fingerprint density at radius 2 is 1.73 bits per heavy atom. The number of benzene rings is 2. The molecule has 0 aliphatic heterocycles. The maximum absolute atomic E-state index is 13.9. The van der Waals surface area contributed by atoms with Crippen LogP contribution >= 0.6 is 0 Å². The van der Waals surface area contributed by atoms with Gasteiger partial charge >= 0.3 is 6.18 Å². The number of nitrogens with zero attached hydrogens (tertiary/aromatic N) is 2. The molecule has 2 aromatic heterocycles. The largest absolute Gasteiger partial charge is 0.416 e. The molecule has 0 aliphatic rings. The van der Waals surface area contributed by atoms with E-state index in [4.69, 9.17) is 0 Å². The van der Waals surface area contributed by atoms with Gasteiger partial charge in [-0.1, -0.05) is 18.7 Å². The molecule has 0 aliphatic carbocycles. The third kappa shape index (κ3) is 3.95. The number of hydrogen-bond donors (Lipinski definition) is 3. The highest BCUT2D eigenvalue weighted by molar-refractivity contribution is 5.93. The molecule has 0 atom stereocenters. The van der Waals surface area contributed by atoms with Gasteiger partial charge in [0.2, 0.25) is 0 Å². The Morgan fingerprint density at radius 1 is 0.967 bits per heavy atom. The molecule has 152 valence electrons. The van der Waals surface area contributed by atoms with Gasteiger partial charge in [-0.25, -0.2) is 4.39 Å². The van der Waals surface area contributed by atoms with E-state index in [-0.39, 0.29) is 11.5 Å². The van der Waals surface area contributed by atoms with Crippen LogP contribution in [0.5, 0.6) is 0 Å². The molecule has 4 aromatic rings. The minimum absolute atomic E-state index is 0.125. The lowest BCUT2D eigenvalue weighted by Gasteiger charge is -2.15. The van der Waals surface area contributed by atoms with Gasteiger partial charge < -0.3 is 10.6 Å². The number of nitrogens with one attached hydrogen (secondary N) is 3. The number of anilines is 2. The van der Waals surface area contributed by atoms with Crippen molar-refractivity contribution in [2.24, 2.45) is 0 Å². The summed E-state index contributed by atoms with van der Waals surface area (Å²) in [6.07, 6.45) is 0.566. The van der Waals surface area contributed by atoms with Crippen molar-refractivity contribution in [1.29, 1.82) is 0 Å². The fraction of sp³-hybridized carbons (Fsp3) is 0.0476. The first kappa shape index (κ1) is 19.4. The second-order valence-corrected chi connectivity index (χ2v) is 6.52. The van der Waals surface area contributed by atoms with E-state index >= 15 is 0 Å². The number of alkyl halides is 3.